The molecule has 31 heavy (non-hydrogen) atoms. The van der Waals surface area contributed by atoms with E-state index in [2.05, 4.69) is 27.6 Å². The second kappa shape index (κ2) is 9.75. The maximum atomic E-state index is 12.8. The minimum absolute atomic E-state index is 0.0976. The zero-order valence-electron chi connectivity index (χ0n) is 17.8. The van der Waals surface area contributed by atoms with E-state index < -0.39 is 0 Å². The van der Waals surface area contributed by atoms with E-state index in [-0.39, 0.29) is 23.9 Å². The lowest BCUT2D eigenvalue weighted by Crippen LogP contribution is -3.13. The van der Waals surface area contributed by atoms with E-state index in [0.29, 0.717) is 17.6 Å². The lowest BCUT2D eigenvalue weighted by atomic mass is 10.0. The molecule has 1 aliphatic heterocycles. The number of quaternary nitrogens is 1. The van der Waals surface area contributed by atoms with E-state index >= 15 is 0 Å². The van der Waals surface area contributed by atoms with Gasteiger partial charge in [0, 0.05) is 10.9 Å². The monoisotopic (exact) mass is 421 g/mol. The number of likely N-dealkylation sites (tertiary alicyclic amines) is 1. The Morgan fingerprint density at radius 3 is 2.52 bits per heavy atom. The van der Waals surface area contributed by atoms with Crippen LogP contribution in [0.15, 0.2) is 53.3 Å². The molecule has 4 rings (SSSR count). The fourth-order valence-electron chi connectivity index (χ4n) is 4.43. The average Bonchev–Trinajstić information content (AvgIpc) is 2.82. The fraction of sp³-hybridized carbons (Fsp3) is 0.375. The molecular formula is C24H29N4O3+. The van der Waals surface area contributed by atoms with Crippen molar-refractivity contribution >= 4 is 16.7 Å². The summed E-state index contributed by atoms with van der Waals surface area (Å²) in [5.74, 6) is 0.732. The van der Waals surface area contributed by atoms with Crippen molar-refractivity contribution in [1.29, 1.82) is 0 Å². The lowest BCUT2D eigenvalue weighted by molar-refractivity contribution is -0.935. The highest BCUT2D eigenvalue weighted by Crippen LogP contribution is 2.17. The van der Waals surface area contributed by atoms with Crippen LogP contribution in [0, 0.1) is 0 Å². The minimum atomic E-state index is -0.243. The van der Waals surface area contributed by atoms with Crippen molar-refractivity contribution in [3.63, 3.8) is 0 Å². The molecule has 1 fully saturated rings. The van der Waals surface area contributed by atoms with Gasteiger partial charge in [-0.2, -0.15) is 5.10 Å². The van der Waals surface area contributed by atoms with Gasteiger partial charge in [-0.05, 0) is 49.6 Å². The van der Waals surface area contributed by atoms with Crippen molar-refractivity contribution < 1.29 is 14.4 Å². The number of aromatic nitrogens is 2. The molecule has 0 unspecified atom stereocenters. The normalized spacial score (nSPS) is 15.5. The molecule has 0 bridgehead atoms. The smallest absolute Gasteiger partial charge is 0.272 e. The predicted octanol–water partition coefficient (Wildman–Crippen LogP) is 1.40. The number of amides is 1. The lowest BCUT2D eigenvalue weighted by Gasteiger charge is -2.32. The first kappa shape index (κ1) is 21.1. The van der Waals surface area contributed by atoms with Gasteiger partial charge in [0.25, 0.3) is 5.56 Å². The third-order valence-corrected chi connectivity index (χ3v) is 6.11. The number of piperidine rings is 1. The molecule has 162 valence electrons. The van der Waals surface area contributed by atoms with Crippen LogP contribution in [0.25, 0.3) is 10.8 Å². The summed E-state index contributed by atoms with van der Waals surface area (Å²) in [6.45, 7) is 2.78. The summed E-state index contributed by atoms with van der Waals surface area (Å²) in [7, 11) is 1.66. The summed E-state index contributed by atoms with van der Waals surface area (Å²) in [4.78, 5) is 26.3. The van der Waals surface area contributed by atoms with Crippen molar-refractivity contribution in [1.82, 2.24) is 15.5 Å². The summed E-state index contributed by atoms with van der Waals surface area (Å²) in [5.41, 5.74) is 1.54. The van der Waals surface area contributed by atoms with Crippen molar-refractivity contribution in [3.8, 4) is 5.75 Å². The Labute approximate surface area is 181 Å². The molecular weight excluding hydrogens is 392 g/mol. The van der Waals surface area contributed by atoms with Gasteiger partial charge < -0.3 is 15.0 Å². The molecule has 2 heterocycles. The predicted molar refractivity (Wildman–Crippen MR) is 119 cm³/mol. The molecule has 2 aromatic carbocycles. The van der Waals surface area contributed by atoms with E-state index in [1.54, 1.807) is 13.2 Å². The first-order chi connectivity index (χ1) is 15.2. The molecule has 1 atom stereocenters. The molecule has 0 radical (unpaired) electrons. The number of nitrogens with zero attached hydrogens (tertiary/aromatic N) is 1. The molecule has 3 aromatic rings. The third-order valence-electron chi connectivity index (χ3n) is 6.11. The topological polar surface area (TPSA) is 88.5 Å². The number of fused-ring (bicyclic) bond motifs is 1. The minimum Gasteiger partial charge on any atom is -0.497 e. The van der Waals surface area contributed by atoms with Crippen LogP contribution in [0.4, 0.5) is 0 Å². The van der Waals surface area contributed by atoms with Crippen LogP contribution in [-0.4, -0.2) is 42.8 Å². The highest BCUT2D eigenvalue weighted by Gasteiger charge is 2.26. The van der Waals surface area contributed by atoms with Crippen LogP contribution in [0.2, 0.25) is 0 Å². The van der Waals surface area contributed by atoms with Crippen molar-refractivity contribution in [2.75, 3.05) is 26.7 Å². The molecule has 7 heteroatoms. The van der Waals surface area contributed by atoms with Gasteiger partial charge in [0.1, 0.15) is 11.8 Å². The second-order valence-electron chi connectivity index (χ2n) is 8.07. The van der Waals surface area contributed by atoms with Gasteiger partial charge in [0.15, 0.2) is 0 Å². The summed E-state index contributed by atoms with van der Waals surface area (Å²) >= 11 is 0. The first-order valence-electron chi connectivity index (χ1n) is 10.9. The first-order valence-corrected chi connectivity index (χ1v) is 10.9. The molecule has 0 aliphatic carbocycles. The Balaban J connectivity index is 1.48. The number of hydrogen-bond donors (Lipinski definition) is 3. The van der Waals surface area contributed by atoms with Gasteiger partial charge in [0.05, 0.1) is 44.2 Å². The van der Waals surface area contributed by atoms with Crippen LogP contribution in [-0.2, 0) is 11.2 Å². The summed E-state index contributed by atoms with van der Waals surface area (Å²) in [6.07, 6.45) is 3.82. The van der Waals surface area contributed by atoms with Crippen molar-refractivity contribution in [2.24, 2.45) is 0 Å². The van der Waals surface area contributed by atoms with Gasteiger partial charge >= 0.3 is 0 Å². The summed E-state index contributed by atoms with van der Waals surface area (Å²) in [6, 6.07) is 15.6. The highest BCUT2D eigenvalue weighted by atomic mass is 16.5. The zero-order valence-corrected chi connectivity index (χ0v) is 17.8. The van der Waals surface area contributed by atoms with Crippen LogP contribution in [0.3, 0.4) is 0 Å². The van der Waals surface area contributed by atoms with Crippen LogP contribution in [0.1, 0.15) is 36.6 Å². The molecule has 0 spiro atoms. The Hall–Kier alpha value is -3.19. The molecule has 7 nitrogen and oxygen atoms in total. The average molecular weight is 422 g/mol. The second-order valence-corrected chi connectivity index (χ2v) is 8.07. The Bertz CT molecular complexity index is 1090. The van der Waals surface area contributed by atoms with Crippen LogP contribution < -0.4 is 20.5 Å². The number of rotatable bonds is 7. The highest BCUT2D eigenvalue weighted by molar-refractivity contribution is 5.88. The van der Waals surface area contributed by atoms with E-state index in [0.717, 1.165) is 24.2 Å². The third kappa shape index (κ3) is 4.94. The summed E-state index contributed by atoms with van der Waals surface area (Å²) in [5, 5.41) is 11.0. The zero-order chi connectivity index (χ0) is 21.6. The van der Waals surface area contributed by atoms with Gasteiger partial charge in [-0.1, -0.05) is 18.2 Å². The van der Waals surface area contributed by atoms with E-state index in [1.807, 2.05) is 30.3 Å². The van der Waals surface area contributed by atoms with E-state index in [1.165, 1.54) is 29.7 Å². The largest absolute Gasteiger partial charge is 0.497 e. The van der Waals surface area contributed by atoms with Gasteiger partial charge in [-0.25, -0.2) is 5.10 Å². The molecule has 1 aliphatic rings. The van der Waals surface area contributed by atoms with E-state index in [9.17, 15) is 9.59 Å². The Morgan fingerprint density at radius 2 is 1.81 bits per heavy atom. The molecule has 0 saturated carbocycles. The number of benzene rings is 2. The van der Waals surface area contributed by atoms with Crippen LogP contribution >= 0.6 is 0 Å². The number of nitrogens with one attached hydrogen (secondary N) is 3. The van der Waals surface area contributed by atoms with Crippen molar-refractivity contribution in [3.05, 3.63) is 70.1 Å². The van der Waals surface area contributed by atoms with Crippen molar-refractivity contribution in [2.45, 2.75) is 31.7 Å². The van der Waals surface area contributed by atoms with E-state index in [4.69, 9.17) is 4.74 Å². The number of aromatic amines is 1. The number of carbonyl (C=O) groups excluding carboxylic acids is 1. The number of H-pyrrole nitrogens is 1. The molecule has 1 saturated heterocycles. The maximum Gasteiger partial charge on any atom is 0.272 e. The SMILES string of the molecule is COc1ccc([C@H](CNC(=O)Cc2n[nH]c(=O)c3ccccc23)[NH+]2CCCCC2)cc1. The van der Waals surface area contributed by atoms with Crippen LogP contribution in [0.5, 0.6) is 5.75 Å². The number of methoxy groups -OCH3 is 1. The molecule has 1 aromatic heterocycles. The van der Waals surface area contributed by atoms with Gasteiger partial charge in [0.2, 0.25) is 5.91 Å². The number of carbonyl (C=O) groups is 1. The standard InChI is InChI=1S/C24H28N4O3/c1-31-18-11-9-17(10-12-18)22(28-13-5-2-6-14-28)16-25-23(29)15-21-19-7-3-4-8-20(19)24(30)27-26-21/h3-4,7-12,22H,2,5-6,13-16H2,1H3,(H,25,29)(H,27,30)/p+1/t22-/m0/s1. The summed E-state index contributed by atoms with van der Waals surface area (Å²) < 4.78 is 5.29. The number of hydrogen-bond acceptors (Lipinski definition) is 4. The number of ether oxygens (including phenoxy) is 1. The molecule has 1 amide bonds. The van der Waals surface area contributed by atoms with Gasteiger partial charge in [-0.15, -0.1) is 0 Å². The molecule has 3 N–H and O–H groups in total. The Kier molecular flexibility index (Phi) is 6.62. The quantitative estimate of drug-likeness (QED) is 0.538. The van der Waals surface area contributed by atoms with Gasteiger partial charge in [-0.3, -0.25) is 9.59 Å². The Morgan fingerprint density at radius 1 is 1.10 bits per heavy atom. The maximum absolute atomic E-state index is 12.8. The fourth-order valence-corrected chi connectivity index (χ4v) is 4.43.